The van der Waals surface area contributed by atoms with E-state index >= 15 is 0 Å². The van der Waals surface area contributed by atoms with Gasteiger partial charge in [0.1, 0.15) is 10.6 Å². The molecule has 0 aliphatic heterocycles. The van der Waals surface area contributed by atoms with Gasteiger partial charge in [0.05, 0.1) is 26.0 Å². The summed E-state index contributed by atoms with van der Waals surface area (Å²) in [5, 5.41) is 0.798. The summed E-state index contributed by atoms with van der Waals surface area (Å²) in [5.74, 6) is 0.233. The van der Waals surface area contributed by atoms with Gasteiger partial charge in [-0.1, -0.05) is 0 Å². The molecule has 0 unspecified atom stereocenters. The normalized spacial score (nSPS) is 10.8. The average Bonchev–Trinajstić information content (AvgIpc) is 2.63. The first-order valence-electron chi connectivity index (χ1n) is 5.09. The third-order valence-electron chi connectivity index (χ3n) is 2.37. The molecule has 1 aromatic heterocycles. The molecule has 0 aliphatic rings. The van der Waals surface area contributed by atoms with Gasteiger partial charge in [0.15, 0.2) is 0 Å². The smallest absolute Gasteiger partial charge is 0.260 e. The van der Waals surface area contributed by atoms with Crippen LogP contribution in [0.5, 0.6) is 5.75 Å². The molecule has 1 aromatic carbocycles. The van der Waals surface area contributed by atoms with Crippen LogP contribution in [-0.2, 0) is 0 Å². The second-order valence-corrected chi connectivity index (χ2v) is 6.86. The number of carbonyl (C=O) groups is 1. The molecule has 0 bridgehead atoms. The van der Waals surface area contributed by atoms with E-state index in [1.54, 1.807) is 0 Å². The summed E-state index contributed by atoms with van der Waals surface area (Å²) in [6.45, 7) is 2.46. The van der Waals surface area contributed by atoms with Crippen LogP contribution in [0, 0.1) is 7.14 Å². The maximum Gasteiger partial charge on any atom is 0.260 e. The van der Waals surface area contributed by atoms with Crippen molar-refractivity contribution >= 4 is 78.2 Å². The number of primary amides is 1. The predicted molar refractivity (Wildman–Crippen MR) is 91.4 cm³/mol. The van der Waals surface area contributed by atoms with Crippen LogP contribution in [-0.4, -0.2) is 12.5 Å². The second kappa shape index (κ2) is 5.37. The molecule has 4 nitrogen and oxygen atoms in total. The van der Waals surface area contributed by atoms with E-state index in [-0.39, 0.29) is 0 Å². The van der Waals surface area contributed by atoms with Crippen molar-refractivity contribution in [3.05, 3.63) is 18.1 Å². The molecule has 18 heavy (non-hydrogen) atoms. The average molecular weight is 488 g/mol. The minimum Gasteiger partial charge on any atom is -0.492 e. The van der Waals surface area contributed by atoms with E-state index in [1.165, 1.54) is 11.3 Å². The van der Waals surface area contributed by atoms with E-state index in [0.717, 1.165) is 23.0 Å². The lowest BCUT2D eigenvalue weighted by Gasteiger charge is -2.09. The van der Waals surface area contributed by atoms with Crippen LogP contribution in [0.2, 0.25) is 0 Å². The van der Waals surface area contributed by atoms with Crippen LogP contribution in [0.4, 0.5) is 5.69 Å². The third kappa shape index (κ3) is 2.27. The zero-order chi connectivity index (χ0) is 13.4. The molecule has 2 aromatic rings. The molecule has 0 spiro atoms. The molecule has 7 heteroatoms. The monoisotopic (exact) mass is 488 g/mol. The molecule has 96 valence electrons. The van der Waals surface area contributed by atoms with Gasteiger partial charge in [-0.05, 0) is 58.2 Å². The van der Waals surface area contributed by atoms with Crippen LogP contribution in [0.1, 0.15) is 16.6 Å². The fraction of sp³-hybridized carbons (Fsp3) is 0.182. The number of benzene rings is 1. The van der Waals surface area contributed by atoms with E-state index in [0.29, 0.717) is 17.2 Å². The number of nitrogens with two attached hydrogens (primary N) is 2. The molecule has 0 atom stereocenters. The SMILES string of the molecule is CCOc1c(I)cc(I)c2sc(C(N)=O)c(N)c12. The van der Waals surface area contributed by atoms with Crippen molar-refractivity contribution in [1.29, 1.82) is 0 Å². The Balaban J connectivity index is 2.87. The summed E-state index contributed by atoms with van der Waals surface area (Å²) in [4.78, 5) is 11.8. The number of fused-ring (bicyclic) bond motifs is 1. The van der Waals surface area contributed by atoms with Crippen LogP contribution in [0.25, 0.3) is 10.1 Å². The van der Waals surface area contributed by atoms with Crippen molar-refractivity contribution < 1.29 is 9.53 Å². The van der Waals surface area contributed by atoms with Crippen molar-refractivity contribution in [2.24, 2.45) is 5.73 Å². The van der Waals surface area contributed by atoms with Crippen molar-refractivity contribution in [2.75, 3.05) is 12.3 Å². The van der Waals surface area contributed by atoms with Gasteiger partial charge in [0.2, 0.25) is 0 Å². The highest BCUT2D eigenvalue weighted by Gasteiger charge is 2.21. The summed E-state index contributed by atoms with van der Waals surface area (Å²) >= 11 is 5.75. The van der Waals surface area contributed by atoms with Crippen molar-refractivity contribution in [1.82, 2.24) is 0 Å². The molecule has 4 N–H and O–H groups in total. The Bertz CT molecular complexity index is 640. The van der Waals surface area contributed by atoms with Crippen LogP contribution >= 0.6 is 56.5 Å². The Morgan fingerprint density at radius 3 is 2.67 bits per heavy atom. The van der Waals surface area contributed by atoms with Gasteiger partial charge in [0.25, 0.3) is 5.91 Å². The highest BCUT2D eigenvalue weighted by molar-refractivity contribution is 14.1. The Hall–Kier alpha value is -0.290. The van der Waals surface area contributed by atoms with Crippen LogP contribution in [0.15, 0.2) is 6.07 Å². The van der Waals surface area contributed by atoms with Crippen molar-refractivity contribution in [3.8, 4) is 5.75 Å². The Labute approximate surface area is 135 Å². The lowest BCUT2D eigenvalue weighted by molar-refractivity contribution is 0.100. The summed E-state index contributed by atoms with van der Waals surface area (Å²) in [6, 6.07) is 2.01. The van der Waals surface area contributed by atoms with Gasteiger partial charge in [-0.3, -0.25) is 4.79 Å². The zero-order valence-corrected chi connectivity index (χ0v) is 14.6. The van der Waals surface area contributed by atoms with E-state index in [4.69, 9.17) is 16.2 Å². The summed E-state index contributed by atoms with van der Waals surface area (Å²) < 4.78 is 8.61. The number of hydrogen-bond donors (Lipinski definition) is 2. The highest BCUT2D eigenvalue weighted by Crippen LogP contribution is 2.44. The predicted octanol–water partition coefficient (Wildman–Crippen LogP) is 3.19. The standard InChI is InChI=1S/C11H10I2N2O2S/c1-2-17-8-4(12)3-5(13)9-6(8)7(14)10(18-9)11(15)16/h3H,2,14H2,1H3,(H2,15,16). The van der Waals surface area contributed by atoms with E-state index in [2.05, 4.69) is 45.2 Å². The van der Waals surface area contributed by atoms with Gasteiger partial charge in [-0.2, -0.15) is 0 Å². The number of ether oxygens (including phenoxy) is 1. The molecule has 0 saturated carbocycles. The van der Waals surface area contributed by atoms with Gasteiger partial charge in [-0.25, -0.2) is 0 Å². The molecule has 0 fully saturated rings. The number of thiophene rings is 1. The van der Waals surface area contributed by atoms with Gasteiger partial charge in [-0.15, -0.1) is 11.3 Å². The fourth-order valence-corrected chi connectivity index (χ4v) is 4.89. The summed E-state index contributed by atoms with van der Waals surface area (Å²) in [7, 11) is 0. The quantitative estimate of drug-likeness (QED) is 0.652. The number of nitrogen functional groups attached to an aromatic ring is 1. The minimum atomic E-state index is -0.498. The Morgan fingerprint density at radius 2 is 2.11 bits per heavy atom. The fourth-order valence-electron chi connectivity index (χ4n) is 1.67. The first kappa shape index (κ1) is 14.1. The van der Waals surface area contributed by atoms with E-state index < -0.39 is 5.91 Å². The molecule has 0 saturated heterocycles. The lowest BCUT2D eigenvalue weighted by Crippen LogP contribution is -2.10. The number of carbonyl (C=O) groups excluding carboxylic acids is 1. The Morgan fingerprint density at radius 1 is 1.44 bits per heavy atom. The topological polar surface area (TPSA) is 78.3 Å². The second-order valence-electron chi connectivity index (χ2n) is 3.52. The number of amides is 1. The largest absolute Gasteiger partial charge is 0.492 e. The zero-order valence-electron chi connectivity index (χ0n) is 9.42. The number of hydrogen-bond acceptors (Lipinski definition) is 4. The molecule has 2 rings (SSSR count). The Kier molecular flexibility index (Phi) is 4.22. The highest BCUT2D eigenvalue weighted by atomic mass is 127. The van der Waals surface area contributed by atoms with Gasteiger partial charge < -0.3 is 16.2 Å². The lowest BCUT2D eigenvalue weighted by atomic mass is 10.2. The molecule has 0 radical (unpaired) electrons. The minimum absolute atomic E-state index is 0.394. The first-order valence-corrected chi connectivity index (χ1v) is 8.07. The molecular formula is C11H10I2N2O2S. The van der Waals surface area contributed by atoms with Crippen molar-refractivity contribution in [2.45, 2.75) is 6.92 Å². The first-order chi connectivity index (χ1) is 8.47. The molecule has 1 heterocycles. The van der Waals surface area contributed by atoms with Crippen LogP contribution < -0.4 is 16.2 Å². The van der Waals surface area contributed by atoms with E-state index in [9.17, 15) is 4.79 Å². The molecule has 1 amide bonds. The van der Waals surface area contributed by atoms with Crippen molar-refractivity contribution in [3.63, 3.8) is 0 Å². The molecule has 0 aliphatic carbocycles. The van der Waals surface area contributed by atoms with Gasteiger partial charge >= 0.3 is 0 Å². The number of anilines is 1. The summed E-state index contributed by atoms with van der Waals surface area (Å²) in [5.41, 5.74) is 11.8. The summed E-state index contributed by atoms with van der Waals surface area (Å²) in [6.07, 6.45) is 0. The number of halogens is 2. The number of rotatable bonds is 3. The molecular weight excluding hydrogens is 478 g/mol. The van der Waals surface area contributed by atoms with E-state index in [1.807, 2.05) is 13.0 Å². The maximum atomic E-state index is 11.4. The van der Waals surface area contributed by atoms with Gasteiger partial charge in [0, 0.05) is 3.57 Å². The maximum absolute atomic E-state index is 11.4. The third-order valence-corrected chi connectivity index (χ3v) is 5.64. The van der Waals surface area contributed by atoms with Crippen LogP contribution in [0.3, 0.4) is 0 Å².